The molecule has 23 heavy (non-hydrogen) atoms. The zero-order chi connectivity index (χ0) is 16.1. The molecule has 1 aliphatic heterocycles. The van der Waals surface area contributed by atoms with Gasteiger partial charge in [-0.15, -0.1) is 11.8 Å². The maximum absolute atomic E-state index is 12.9. The number of carbonyl (C=O) groups excluding carboxylic acids is 1. The standard InChI is InChI=1S/C18H18FNO2S/c19-15-6-8-16(9-7-15)23-13-18(21)20-10-11-22-17(12-20)14-4-2-1-3-5-14/h1-9,17H,10-13H2. The number of halogens is 1. The second kappa shape index (κ2) is 7.62. The van der Waals surface area contributed by atoms with E-state index in [1.807, 2.05) is 35.2 Å². The summed E-state index contributed by atoms with van der Waals surface area (Å²) in [6.07, 6.45) is -0.0651. The highest BCUT2D eigenvalue weighted by Gasteiger charge is 2.25. The molecule has 1 unspecified atom stereocenters. The summed E-state index contributed by atoms with van der Waals surface area (Å²) in [6.45, 7) is 1.74. The number of ether oxygens (including phenoxy) is 1. The van der Waals surface area contributed by atoms with Gasteiger partial charge >= 0.3 is 0 Å². The number of benzene rings is 2. The maximum Gasteiger partial charge on any atom is 0.233 e. The van der Waals surface area contributed by atoms with E-state index in [2.05, 4.69) is 0 Å². The first-order chi connectivity index (χ1) is 11.2. The molecule has 0 aliphatic carbocycles. The van der Waals surface area contributed by atoms with E-state index in [-0.39, 0.29) is 17.8 Å². The predicted molar refractivity (Wildman–Crippen MR) is 88.8 cm³/mol. The van der Waals surface area contributed by atoms with Gasteiger partial charge in [0.1, 0.15) is 11.9 Å². The van der Waals surface area contributed by atoms with Crippen LogP contribution in [0.25, 0.3) is 0 Å². The fraction of sp³-hybridized carbons (Fsp3) is 0.278. The molecule has 5 heteroatoms. The Balaban J connectivity index is 1.55. The van der Waals surface area contributed by atoms with Crippen molar-refractivity contribution in [2.24, 2.45) is 0 Å². The third-order valence-electron chi connectivity index (χ3n) is 3.77. The van der Waals surface area contributed by atoms with Crippen LogP contribution in [0, 0.1) is 5.82 Å². The molecule has 1 amide bonds. The van der Waals surface area contributed by atoms with Gasteiger partial charge in [-0.3, -0.25) is 4.79 Å². The van der Waals surface area contributed by atoms with Gasteiger partial charge < -0.3 is 9.64 Å². The van der Waals surface area contributed by atoms with Crippen molar-refractivity contribution in [2.45, 2.75) is 11.0 Å². The summed E-state index contributed by atoms with van der Waals surface area (Å²) in [7, 11) is 0. The van der Waals surface area contributed by atoms with E-state index in [1.165, 1.54) is 23.9 Å². The van der Waals surface area contributed by atoms with Crippen LogP contribution in [-0.4, -0.2) is 36.3 Å². The van der Waals surface area contributed by atoms with Gasteiger partial charge in [0.05, 0.1) is 18.9 Å². The summed E-state index contributed by atoms with van der Waals surface area (Å²) in [4.78, 5) is 15.1. The molecule has 0 saturated carbocycles. The first kappa shape index (κ1) is 16.0. The topological polar surface area (TPSA) is 29.5 Å². The smallest absolute Gasteiger partial charge is 0.233 e. The zero-order valence-electron chi connectivity index (χ0n) is 12.7. The lowest BCUT2D eigenvalue weighted by Crippen LogP contribution is -2.43. The number of carbonyl (C=O) groups is 1. The lowest BCUT2D eigenvalue weighted by atomic mass is 10.1. The van der Waals surface area contributed by atoms with Crippen molar-refractivity contribution in [1.29, 1.82) is 0 Å². The molecule has 0 N–H and O–H groups in total. The molecule has 3 nitrogen and oxygen atoms in total. The Bertz CT molecular complexity index is 648. The average molecular weight is 331 g/mol. The SMILES string of the molecule is O=C(CSc1ccc(F)cc1)N1CCOC(c2ccccc2)C1. The van der Waals surface area contributed by atoms with Crippen LogP contribution in [0.15, 0.2) is 59.5 Å². The van der Waals surface area contributed by atoms with Gasteiger partial charge in [-0.25, -0.2) is 4.39 Å². The minimum Gasteiger partial charge on any atom is -0.370 e. The normalized spacial score (nSPS) is 18.0. The van der Waals surface area contributed by atoms with Gasteiger partial charge in [-0.1, -0.05) is 30.3 Å². The Morgan fingerprint density at radius 2 is 1.91 bits per heavy atom. The number of hydrogen-bond acceptors (Lipinski definition) is 3. The second-order valence-electron chi connectivity index (χ2n) is 5.35. The van der Waals surface area contributed by atoms with Crippen LogP contribution in [0.4, 0.5) is 4.39 Å². The molecule has 0 spiro atoms. The predicted octanol–water partition coefficient (Wildman–Crippen LogP) is 3.52. The molecular weight excluding hydrogens is 313 g/mol. The summed E-state index contributed by atoms with van der Waals surface area (Å²) < 4.78 is 18.7. The van der Waals surface area contributed by atoms with Crippen molar-refractivity contribution in [3.05, 3.63) is 66.0 Å². The van der Waals surface area contributed by atoms with Crippen LogP contribution >= 0.6 is 11.8 Å². The molecule has 2 aromatic rings. The van der Waals surface area contributed by atoms with E-state index in [0.717, 1.165) is 10.5 Å². The summed E-state index contributed by atoms with van der Waals surface area (Å²) in [5.41, 5.74) is 1.09. The van der Waals surface area contributed by atoms with Crippen LogP contribution in [0.3, 0.4) is 0 Å². The number of morpholine rings is 1. The van der Waals surface area contributed by atoms with Gasteiger partial charge in [0.15, 0.2) is 0 Å². The van der Waals surface area contributed by atoms with E-state index in [0.29, 0.717) is 25.4 Å². The van der Waals surface area contributed by atoms with E-state index in [9.17, 15) is 9.18 Å². The van der Waals surface area contributed by atoms with Gasteiger partial charge in [-0.2, -0.15) is 0 Å². The Labute approximate surface area is 139 Å². The minimum atomic E-state index is -0.264. The van der Waals surface area contributed by atoms with Crippen molar-refractivity contribution in [2.75, 3.05) is 25.4 Å². The van der Waals surface area contributed by atoms with Gasteiger partial charge in [0.25, 0.3) is 0 Å². The molecule has 0 bridgehead atoms. The molecule has 1 saturated heterocycles. The largest absolute Gasteiger partial charge is 0.370 e. The van der Waals surface area contributed by atoms with Crippen molar-refractivity contribution < 1.29 is 13.9 Å². The van der Waals surface area contributed by atoms with Crippen LogP contribution in [0.2, 0.25) is 0 Å². The maximum atomic E-state index is 12.9. The molecule has 120 valence electrons. The molecule has 1 aliphatic rings. The number of thioether (sulfide) groups is 1. The summed E-state index contributed by atoms with van der Waals surface area (Å²) in [6, 6.07) is 16.2. The lowest BCUT2D eigenvalue weighted by Gasteiger charge is -2.33. The summed E-state index contributed by atoms with van der Waals surface area (Å²) in [5, 5.41) is 0. The number of hydrogen-bond donors (Lipinski definition) is 0. The van der Waals surface area contributed by atoms with Crippen LogP contribution in [0.1, 0.15) is 11.7 Å². The molecule has 2 aromatic carbocycles. The molecule has 0 aromatic heterocycles. The number of rotatable bonds is 4. The summed E-state index contributed by atoms with van der Waals surface area (Å²) >= 11 is 1.43. The van der Waals surface area contributed by atoms with E-state index >= 15 is 0 Å². The zero-order valence-corrected chi connectivity index (χ0v) is 13.5. The fourth-order valence-corrected chi connectivity index (χ4v) is 3.31. The van der Waals surface area contributed by atoms with E-state index in [4.69, 9.17) is 4.74 Å². The second-order valence-corrected chi connectivity index (χ2v) is 6.40. The Hall–Kier alpha value is -1.85. The minimum absolute atomic E-state index is 0.0651. The fourth-order valence-electron chi connectivity index (χ4n) is 2.51. The highest BCUT2D eigenvalue weighted by molar-refractivity contribution is 8.00. The monoisotopic (exact) mass is 331 g/mol. The van der Waals surface area contributed by atoms with Crippen molar-refractivity contribution in [1.82, 2.24) is 4.90 Å². The van der Waals surface area contributed by atoms with Gasteiger partial charge in [-0.05, 0) is 29.8 Å². The lowest BCUT2D eigenvalue weighted by molar-refractivity contribution is -0.136. The van der Waals surface area contributed by atoms with Crippen LogP contribution in [-0.2, 0) is 9.53 Å². The van der Waals surface area contributed by atoms with Gasteiger partial charge in [0, 0.05) is 11.4 Å². The van der Waals surface area contributed by atoms with E-state index in [1.54, 1.807) is 12.1 Å². The molecule has 1 atom stereocenters. The molecular formula is C18H18FNO2S. The van der Waals surface area contributed by atoms with Gasteiger partial charge in [0.2, 0.25) is 5.91 Å². The number of amides is 1. The average Bonchev–Trinajstić information content (AvgIpc) is 2.62. The molecule has 3 rings (SSSR count). The third kappa shape index (κ3) is 4.33. The van der Waals surface area contributed by atoms with Crippen LogP contribution < -0.4 is 0 Å². The number of nitrogens with zero attached hydrogens (tertiary/aromatic N) is 1. The van der Waals surface area contributed by atoms with Crippen molar-refractivity contribution >= 4 is 17.7 Å². The first-order valence-corrected chi connectivity index (χ1v) is 8.53. The Kier molecular flexibility index (Phi) is 5.31. The molecule has 0 radical (unpaired) electrons. The summed E-state index contributed by atoms with van der Waals surface area (Å²) in [5.74, 6) is 0.177. The highest BCUT2D eigenvalue weighted by Crippen LogP contribution is 2.24. The van der Waals surface area contributed by atoms with Crippen molar-refractivity contribution in [3.8, 4) is 0 Å². The third-order valence-corrected chi connectivity index (χ3v) is 4.76. The quantitative estimate of drug-likeness (QED) is 0.803. The Morgan fingerprint density at radius 1 is 1.17 bits per heavy atom. The molecule has 1 heterocycles. The highest BCUT2D eigenvalue weighted by atomic mass is 32.2. The molecule has 1 fully saturated rings. The van der Waals surface area contributed by atoms with E-state index < -0.39 is 0 Å². The van der Waals surface area contributed by atoms with Crippen LogP contribution in [0.5, 0.6) is 0 Å². The first-order valence-electron chi connectivity index (χ1n) is 7.55. The Morgan fingerprint density at radius 3 is 2.65 bits per heavy atom. The van der Waals surface area contributed by atoms with Crippen molar-refractivity contribution in [3.63, 3.8) is 0 Å².